The van der Waals surface area contributed by atoms with Gasteiger partial charge in [0.1, 0.15) is 6.54 Å². The maximum Gasteiger partial charge on any atom is 0.229 e. The lowest BCUT2D eigenvalue weighted by atomic mass is 9.87. The van der Waals surface area contributed by atoms with Crippen LogP contribution in [-0.2, 0) is 4.79 Å². The molecule has 0 heterocycles. The van der Waals surface area contributed by atoms with Crippen molar-refractivity contribution in [3.8, 4) is 6.07 Å². The number of hydrogen-bond donors (Lipinski definition) is 0. The molecule has 3 heteroatoms. The second-order valence-corrected chi connectivity index (χ2v) is 4.65. The summed E-state index contributed by atoms with van der Waals surface area (Å²) in [6, 6.07) is 2.08. The SMILES string of the molecule is CCCN(CC#N)C(=O)C1(C)CCCC1. The summed E-state index contributed by atoms with van der Waals surface area (Å²) in [5.41, 5.74) is -0.188. The van der Waals surface area contributed by atoms with E-state index in [4.69, 9.17) is 5.26 Å². The summed E-state index contributed by atoms with van der Waals surface area (Å²) in [6.07, 6.45) is 5.18. The normalized spacial score (nSPS) is 18.5. The number of hydrogen-bond acceptors (Lipinski definition) is 2. The van der Waals surface area contributed by atoms with Crippen LogP contribution in [0.1, 0.15) is 46.0 Å². The molecule has 3 nitrogen and oxygen atoms in total. The first kappa shape index (κ1) is 12.0. The van der Waals surface area contributed by atoms with Crippen molar-refractivity contribution in [2.75, 3.05) is 13.1 Å². The van der Waals surface area contributed by atoms with Crippen LogP contribution in [0.5, 0.6) is 0 Å². The van der Waals surface area contributed by atoms with Gasteiger partial charge < -0.3 is 4.90 Å². The summed E-state index contributed by atoms with van der Waals surface area (Å²) in [7, 11) is 0. The molecule has 1 saturated carbocycles. The summed E-state index contributed by atoms with van der Waals surface area (Å²) >= 11 is 0. The Hall–Kier alpha value is -1.04. The van der Waals surface area contributed by atoms with Gasteiger partial charge in [0.05, 0.1) is 6.07 Å². The van der Waals surface area contributed by atoms with Gasteiger partial charge in [-0.15, -0.1) is 0 Å². The fraction of sp³-hybridized carbons (Fsp3) is 0.833. The maximum absolute atomic E-state index is 12.2. The van der Waals surface area contributed by atoms with Crippen LogP contribution >= 0.6 is 0 Å². The molecule has 0 aliphatic heterocycles. The van der Waals surface area contributed by atoms with Crippen LogP contribution in [0, 0.1) is 16.7 Å². The van der Waals surface area contributed by atoms with Crippen LogP contribution in [0.15, 0.2) is 0 Å². The monoisotopic (exact) mass is 208 g/mol. The van der Waals surface area contributed by atoms with Crippen LogP contribution in [0.3, 0.4) is 0 Å². The molecule has 84 valence electrons. The minimum Gasteiger partial charge on any atom is -0.329 e. The smallest absolute Gasteiger partial charge is 0.229 e. The minimum absolute atomic E-state index is 0.184. The number of carbonyl (C=O) groups excluding carboxylic acids is 1. The van der Waals surface area contributed by atoms with Crippen molar-refractivity contribution in [2.45, 2.75) is 46.0 Å². The number of rotatable bonds is 4. The van der Waals surface area contributed by atoms with Gasteiger partial charge in [0, 0.05) is 12.0 Å². The molecule has 0 bridgehead atoms. The molecule has 0 saturated heterocycles. The molecule has 1 aliphatic carbocycles. The molecule has 1 amide bonds. The average Bonchev–Trinajstić information content (AvgIpc) is 2.65. The quantitative estimate of drug-likeness (QED) is 0.665. The highest BCUT2D eigenvalue weighted by Gasteiger charge is 2.38. The Kier molecular flexibility index (Phi) is 4.14. The van der Waals surface area contributed by atoms with Crippen LogP contribution in [-0.4, -0.2) is 23.9 Å². The lowest BCUT2D eigenvalue weighted by Crippen LogP contribution is -2.41. The first-order valence-electron chi connectivity index (χ1n) is 5.80. The maximum atomic E-state index is 12.2. The van der Waals surface area contributed by atoms with Gasteiger partial charge >= 0.3 is 0 Å². The Balaban J connectivity index is 2.66. The molecule has 0 unspecified atom stereocenters. The molecule has 1 rings (SSSR count). The number of nitrogens with zero attached hydrogens (tertiary/aromatic N) is 2. The zero-order chi connectivity index (χ0) is 11.3. The van der Waals surface area contributed by atoms with Crippen LogP contribution in [0.2, 0.25) is 0 Å². The zero-order valence-electron chi connectivity index (χ0n) is 9.75. The van der Waals surface area contributed by atoms with E-state index >= 15 is 0 Å². The topological polar surface area (TPSA) is 44.1 Å². The van der Waals surface area contributed by atoms with Crippen molar-refractivity contribution in [1.29, 1.82) is 5.26 Å². The van der Waals surface area contributed by atoms with Crippen LogP contribution < -0.4 is 0 Å². The van der Waals surface area contributed by atoms with Crippen molar-refractivity contribution in [3.63, 3.8) is 0 Å². The average molecular weight is 208 g/mol. The molecule has 15 heavy (non-hydrogen) atoms. The van der Waals surface area contributed by atoms with E-state index in [-0.39, 0.29) is 17.9 Å². The molecule has 0 spiro atoms. The van der Waals surface area contributed by atoms with Crippen molar-refractivity contribution in [2.24, 2.45) is 5.41 Å². The van der Waals surface area contributed by atoms with E-state index in [9.17, 15) is 4.79 Å². The highest BCUT2D eigenvalue weighted by molar-refractivity contribution is 5.82. The summed E-state index contributed by atoms with van der Waals surface area (Å²) < 4.78 is 0. The van der Waals surface area contributed by atoms with E-state index in [1.165, 1.54) is 0 Å². The molecule has 1 aliphatic rings. The van der Waals surface area contributed by atoms with E-state index in [0.717, 1.165) is 32.1 Å². The Bertz CT molecular complexity index is 261. The van der Waals surface area contributed by atoms with Crippen molar-refractivity contribution < 1.29 is 4.79 Å². The van der Waals surface area contributed by atoms with Gasteiger partial charge in [-0.2, -0.15) is 5.26 Å². The van der Waals surface area contributed by atoms with Gasteiger partial charge in [-0.3, -0.25) is 4.79 Å². The third kappa shape index (κ3) is 2.71. The molecule has 0 N–H and O–H groups in total. The van der Waals surface area contributed by atoms with E-state index in [1.54, 1.807) is 4.90 Å². The number of amides is 1. The fourth-order valence-electron chi connectivity index (χ4n) is 2.36. The second kappa shape index (κ2) is 5.16. The highest BCUT2D eigenvalue weighted by Crippen LogP contribution is 2.39. The Morgan fingerprint density at radius 3 is 2.53 bits per heavy atom. The van der Waals surface area contributed by atoms with Gasteiger partial charge in [-0.25, -0.2) is 0 Å². The van der Waals surface area contributed by atoms with Crippen molar-refractivity contribution >= 4 is 5.91 Å². The third-order valence-corrected chi connectivity index (χ3v) is 3.27. The van der Waals surface area contributed by atoms with E-state index < -0.39 is 0 Å². The van der Waals surface area contributed by atoms with E-state index in [1.807, 2.05) is 13.8 Å². The van der Waals surface area contributed by atoms with Crippen LogP contribution in [0.25, 0.3) is 0 Å². The molecular weight excluding hydrogens is 188 g/mol. The van der Waals surface area contributed by atoms with Gasteiger partial charge in [0.25, 0.3) is 0 Å². The third-order valence-electron chi connectivity index (χ3n) is 3.27. The van der Waals surface area contributed by atoms with Gasteiger partial charge in [-0.1, -0.05) is 26.7 Å². The second-order valence-electron chi connectivity index (χ2n) is 4.65. The summed E-state index contributed by atoms with van der Waals surface area (Å²) in [5, 5.41) is 8.70. The summed E-state index contributed by atoms with van der Waals surface area (Å²) in [6.45, 7) is 5.03. The lowest BCUT2D eigenvalue weighted by molar-refractivity contribution is -0.140. The molecule has 1 fully saturated rings. The van der Waals surface area contributed by atoms with E-state index in [2.05, 4.69) is 6.07 Å². The molecule has 0 aromatic carbocycles. The molecule has 0 aromatic rings. The lowest BCUT2D eigenvalue weighted by Gasteiger charge is -2.29. The molecular formula is C12H20N2O. The molecule has 0 aromatic heterocycles. The first-order valence-corrected chi connectivity index (χ1v) is 5.80. The Morgan fingerprint density at radius 2 is 2.07 bits per heavy atom. The predicted octanol–water partition coefficient (Wildman–Crippen LogP) is 2.33. The summed E-state index contributed by atoms with van der Waals surface area (Å²) in [5.74, 6) is 0.184. The standard InChI is InChI=1S/C12H20N2O/c1-3-9-14(10-8-13)11(15)12(2)6-4-5-7-12/h3-7,9-10H2,1-2H3. The van der Waals surface area contributed by atoms with Gasteiger partial charge in [-0.05, 0) is 19.3 Å². The van der Waals surface area contributed by atoms with Crippen molar-refractivity contribution in [1.82, 2.24) is 4.90 Å². The minimum atomic E-state index is -0.188. The Morgan fingerprint density at radius 1 is 1.47 bits per heavy atom. The number of nitriles is 1. The van der Waals surface area contributed by atoms with Crippen molar-refractivity contribution in [3.05, 3.63) is 0 Å². The predicted molar refractivity (Wildman–Crippen MR) is 59.1 cm³/mol. The Labute approximate surface area is 92.1 Å². The summed E-state index contributed by atoms with van der Waals surface area (Å²) in [4.78, 5) is 13.9. The van der Waals surface area contributed by atoms with Gasteiger partial charge in [0.15, 0.2) is 0 Å². The first-order chi connectivity index (χ1) is 7.14. The van der Waals surface area contributed by atoms with Gasteiger partial charge in [0.2, 0.25) is 5.91 Å². The highest BCUT2D eigenvalue weighted by atomic mass is 16.2. The fourth-order valence-corrected chi connectivity index (χ4v) is 2.36. The molecule has 0 radical (unpaired) electrons. The zero-order valence-corrected chi connectivity index (χ0v) is 9.75. The largest absolute Gasteiger partial charge is 0.329 e. The number of carbonyl (C=O) groups is 1. The molecule has 0 atom stereocenters. The van der Waals surface area contributed by atoms with E-state index in [0.29, 0.717) is 6.54 Å². The van der Waals surface area contributed by atoms with Crippen LogP contribution in [0.4, 0.5) is 0 Å².